The van der Waals surface area contributed by atoms with E-state index in [1.807, 2.05) is 0 Å². The summed E-state index contributed by atoms with van der Waals surface area (Å²) in [5.74, 6) is -2.53. The lowest BCUT2D eigenvalue weighted by molar-refractivity contribution is -0.146. The number of esters is 2. The van der Waals surface area contributed by atoms with Crippen LogP contribution in [-0.4, -0.2) is 70.7 Å². The number of benzene rings is 1. The first-order chi connectivity index (χ1) is 17.3. The van der Waals surface area contributed by atoms with Gasteiger partial charge < -0.3 is 29.9 Å². The van der Waals surface area contributed by atoms with E-state index in [-0.39, 0.29) is 36.3 Å². The lowest BCUT2D eigenvalue weighted by atomic mass is 10.1. The summed E-state index contributed by atoms with van der Waals surface area (Å²) in [6.07, 6.45) is 11.4. The van der Waals surface area contributed by atoms with Gasteiger partial charge in [-0.15, -0.1) is 0 Å². The van der Waals surface area contributed by atoms with E-state index in [1.165, 1.54) is 43.9 Å². The minimum atomic E-state index is -1.13. The lowest BCUT2D eigenvalue weighted by Crippen LogP contribution is -2.08. The second kappa shape index (κ2) is 22.5. The summed E-state index contributed by atoms with van der Waals surface area (Å²) in [5, 5.41) is 32.2. The minimum Gasteiger partial charge on any atom is -0.478 e. The molecule has 0 radical (unpaired) electrons. The van der Waals surface area contributed by atoms with Crippen molar-refractivity contribution in [3.8, 4) is 0 Å². The number of hydrogen-bond donors (Lipinski definition) is 4. The predicted octanol–water partition coefficient (Wildman–Crippen LogP) is 3.82. The fourth-order valence-electron chi connectivity index (χ4n) is 3.11. The second-order valence-electron chi connectivity index (χ2n) is 8.11. The Balaban J connectivity index is 0.000000645. The van der Waals surface area contributed by atoms with Crippen molar-refractivity contribution in [3.05, 3.63) is 35.4 Å². The van der Waals surface area contributed by atoms with Gasteiger partial charge in [0.25, 0.3) is 0 Å². The first-order valence-electron chi connectivity index (χ1n) is 12.4. The van der Waals surface area contributed by atoms with E-state index in [4.69, 9.17) is 29.9 Å². The molecule has 1 heterocycles. The SMILES string of the molecule is O=C(O)c1cccc(C(=O)O)c1.O=C1CCCCC(=O)OCCCCCCCCCCO1.OCCO. The monoisotopic (exact) mass is 512 g/mol. The molecule has 204 valence electrons. The number of carbonyl (C=O) groups is 4. The van der Waals surface area contributed by atoms with Crippen molar-refractivity contribution >= 4 is 23.9 Å². The van der Waals surface area contributed by atoms with Crippen LogP contribution in [0.4, 0.5) is 0 Å². The van der Waals surface area contributed by atoms with Crippen molar-refractivity contribution in [3.63, 3.8) is 0 Å². The molecule has 10 nitrogen and oxygen atoms in total. The third-order valence-electron chi connectivity index (χ3n) is 5.03. The zero-order valence-electron chi connectivity index (χ0n) is 20.9. The van der Waals surface area contributed by atoms with Crippen molar-refractivity contribution in [2.75, 3.05) is 26.4 Å². The van der Waals surface area contributed by atoms with E-state index in [1.54, 1.807) is 0 Å². The summed E-state index contributed by atoms with van der Waals surface area (Å²) in [4.78, 5) is 43.6. The Morgan fingerprint density at radius 3 is 1.33 bits per heavy atom. The van der Waals surface area contributed by atoms with Crippen LogP contribution >= 0.6 is 0 Å². The minimum absolute atomic E-state index is 0.0186. The van der Waals surface area contributed by atoms with Crippen LogP contribution in [0.2, 0.25) is 0 Å². The molecule has 1 aromatic carbocycles. The highest BCUT2D eigenvalue weighted by atomic mass is 16.5. The van der Waals surface area contributed by atoms with Gasteiger partial charge in [-0.1, -0.05) is 44.6 Å². The molecule has 1 saturated heterocycles. The average Bonchev–Trinajstić information content (AvgIpc) is 2.87. The highest BCUT2D eigenvalue weighted by Crippen LogP contribution is 2.10. The molecule has 0 saturated carbocycles. The molecule has 1 aliphatic heterocycles. The second-order valence-corrected chi connectivity index (χ2v) is 8.11. The fraction of sp³-hybridized carbons (Fsp3) is 0.615. The van der Waals surface area contributed by atoms with Crippen molar-refractivity contribution in [2.24, 2.45) is 0 Å². The van der Waals surface area contributed by atoms with Gasteiger partial charge in [-0.25, -0.2) is 9.59 Å². The largest absolute Gasteiger partial charge is 0.478 e. The maximum absolute atomic E-state index is 11.4. The van der Waals surface area contributed by atoms with Crippen molar-refractivity contribution in [1.29, 1.82) is 0 Å². The van der Waals surface area contributed by atoms with E-state index in [9.17, 15) is 19.2 Å². The van der Waals surface area contributed by atoms with Gasteiger partial charge in [0, 0.05) is 12.8 Å². The number of hydrogen-bond acceptors (Lipinski definition) is 8. The molecular formula is C26H40O10. The average molecular weight is 513 g/mol. The highest BCUT2D eigenvalue weighted by Gasteiger charge is 2.07. The number of carboxylic acid groups (broad SMARTS) is 2. The van der Waals surface area contributed by atoms with Crippen LogP contribution in [-0.2, 0) is 19.1 Å². The number of ether oxygens (including phenoxy) is 2. The van der Waals surface area contributed by atoms with Gasteiger partial charge in [-0.3, -0.25) is 9.59 Å². The fourth-order valence-corrected chi connectivity index (χ4v) is 3.11. The normalized spacial score (nSPS) is 16.3. The summed E-state index contributed by atoms with van der Waals surface area (Å²) >= 11 is 0. The van der Waals surface area contributed by atoms with E-state index >= 15 is 0 Å². The molecule has 0 aromatic heterocycles. The van der Waals surface area contributed by atoms with Gasteiger partial charge in [-0.2, -0.15) is 0 Å². The molecule has 0 atom stereocenters. The number of aliphatic hydroxyl groups excluding tert-OH is 2. The van der Waals surface area contributed by atoms with E-state index in [0.717, 1.165) is 31.7 Å². The summed E-state index contributed by atoms with van der Waals surface area (Å²) in [6.45, 7) is 0.835. The zero-order chi connectivity index (χ0) is 27.0. The van der Waals surface area contributed by atoms with Gasteiger partial charge in [0.15, 0.2) is 0 Å². The predicted molar refractivity (Wildman–Crippen MR) is 132 cm³/mol. The number of carboxylic acids is 2. The van der Waals surface area contributed by atoms with Gasteiger partial charge in [0.05, 0.1) is 37.6 Å². The zero-order valence-corrected chi connectivity index (χ0v) is 20.9. The Morgan fingerprint density at radius 1 is 0.639 bits per heavy atom. The highest BCUT2D eigenvalue weighted by molar-refractivity contribution is 5.93. The van der Waals surface area contributed by atoms with Crippen LogP contribution in [0.25, 0.3) is 0 Å². The van der Waals surface area contributed by atoms with Crippen LogP contribution in [0, 0.1) is 0 Å². The van der Waals surface area contributed by atoms with Crippen LogP contribution in [0.1, 0.15) is 97.8 Å². The molecule has 0 unspecified atom stereocenters. The number of rotatable bonds is 3. The Bertz CT molecular complexity index is 704. The molecule has 1 fully saturated rings. The lowest BCUT2D eigenvalue weighted by Gasteiger charge is -2.07. The van der Waals surface area contributed by atoms with Crippen molar-refractivity contribution in [1.82, 2.24) is 0 Å². The number of cyclic esters (lactones) is 2. The van der Waals surface area contributed by atoms with E-state index in [2.05, 4.69) is 0 Å². The number of aromatic carboxylic acids is 2. The standard InChI is InChI=1S/C16H28O4.C8H6O4.C2H6O2/c17-15-11-7-8-12-16(18)20-14-10-6-4-2-1-3-5-9-13-19-15;9-7(10)5-2-1-3-6(4-5)8(11)12;3-1-2-4/h1-14H2;1-4H,(H,9,10)(H,11,12);3-4H,1-2H2. The molecule has 36 heavy (non-hydrogen) atoms. The Morgan fingerprint density at radius 2 is 1.00 bits per heavy atom. The molecule has 1 aromatic rings. The van der Waals surface area contributed by atoms with Crippen LogP contribution < -0.4 is 0 Å². The Labute approximate surface area is 212 Å². The van der Waals surface area contributed by atoms with Crippen molar-refractivity contribution < 1.29 is 49.1 Å². The summed E-state index contributed by atoms with van der Waals surface area (Å²) in [5.41, 5.74) is -0.0372. The van der Waals surface area contributed by atoms with E-state index in [0.29, 0.717) is 38.9 Å². The summed E-state index contributed by atoms with van der Waals surface area (Å²) < 4.78 is 10.3. The molecule has 0 spiro atoms. The Hall–Kier alpha value is -2.98. The van der Waals surface area contributed by atoms with Gasteiger partial charge >= 0.3 is 23.9 Å². The molecular weight excluding hydrogens is 472 g/mol. The third kappa shape index (κ3) is 19.3. The van der Waals surface area contributed by atoms with Crippen LogP contribution in [0.3, 0.4) is 0 Å². The molecule has 0 bridgehead atoms. The number of aliphatic hydroxyl groups is 2. The molecule has 0 amide bonds. The summed E-state index contributed by atoms with van der Waals surface area (Å²) in [7, 11) is 0. The number of carbonyl (C=O) groups excluding carboxylic acids is 2. The van der Waals surface area contributed by atoms with Gasteiger partial charge in [0.2, 0.25) is 0 Å². The molecule has 0 aliphatic carbocycles. The van der Waals surface area contributed by atoms with E-state index < -0.39 is 11.9 Å². The smallest absolute Gasteiger partial charge is 0.335 e. The topological polar surface area (TPSA) is 168 Å². The first-order valence-corrected chi connectivity index (χ1v) is 12.4. The Kier molecular flexibility index (Phi) is 20.6. The van der Waals surface area contributed by atoms with Gasteiger partial charge in [0.1, 0.15) is 0 Å². The quantitative estimate of drug-likeness (QED) is 0.437. The first kappa shape index (κ1) is 33.0. The molecule has 10 heteroatoms. The van der Waals surface area contributed by atoms with Crippen LogP contribution in [0.15, 0.2) is 24.3 Å². The third-order valence-corrected chi connectivity index (χ3v) is 5.03. The molecule has 4 N–H and O–H groups in total. The van der Waals surface area contributed by atoms with Crippen LogP contribution in [0.5, 0.6) is 0 Å². The van der Waals surface area contributed by atoms with Crippen molar-refractivity contribution in [2.45, 2.75) is 77.0 Å². The molecule has 2 rings (SSSR count). The van der Waals surface area contributed by atoms with Gasteiger partial charge in [-0.05, 0) is 43.9 Å². The molecule has 1 aliphatic rings. The maximum atomic E-state index is 11.4. The maximum Gasteiger partial charge on any atom is 0.335 e. The summed E-state index contributed by atoms with van der Waals surface area (Å²) in [6, 6.07) is 5.20.